The number of nitrogen functional groups attached to an aromatic ring is 1. The van der Waals surface area contributed by atoms with E-state index in [0.717, 1.165) is 0 Å². The van der Waals surface area contributed by atoms with Crippen molar-refractivity contribution in [2.75, 3.05) is 5.73 Å². The van der Waals surface area contributed by atoms with E-state index in [1.807, 2.05) is 24.3 Å². The van der Waals surface area contributed by atoms with Crippen molar-refractivity contribution in [3.63, 3.8) is 0 Å². The highest BCUT2D eigenvalue weighted by Crippen LogP contribution is 2.29. The topological polar surface area (TPSA) is 78.4 Å². The van der Waals surface area contributed by atoms with Crippen LogP contribution in [0.15, 0.2) is 42.5 Å². The first-order valence-corrected chi connectivity index (χ1v) is 6.28. The van der Waals surface area contributed by atoms with Crippen LogP contribution in [0.1, 0.15) is 25.3 Å². The van der Waals surface area contributed by atoms with Crippen molar-refractivity contribution in [3.8, 4) is 11.5 Å². The van der Waals surface area contributed by atoms with E-state index in [-0.39, 0.29) is 5.69 Å². The van der Waals surface area contributed by atoms with Gasteiger partial charge >= 0.3 is 0 Å². The average Bonchev–Trinajstić information content (AvgIpc) is 2.38. The molecule has 0 fully saturated rings. The Kier molecular flexibility index (Phi) is 3.89. The highest BCUT2D eigenvalue weighted by atomic mass is 16.6. The number of ether oxygens (including phenoxy) is 1. The Morgan fingerprint density at radius 1 is 1.10 bits per heavy atom. The molecular weight excluding hydrogens is 256 g/mol. The molecule has 2 aromatic rings. The lowest BCUT2D eigenvalue weighted by atomic mass is 10.0. The largest absolute Gasteiger partial charge is 0.457 e. The van der Waals surface area contributed by atoms with E-state index in [4.69, 9.17) is 10.5 Å². The lowest BCUT2D eigenvalue weighted by molar-refractivity contribution is -0.384. The standard InChI is InChI=1S/C15H16N2O3/c1-10(2)11-3-5-14(6-4-11)20-15-8-12(16)7-13(9-15)17(18)19/h3-10H,16H2,1-2H3. The molecule has 20 heavy (non-hydrogen) atoms. The van der Waals surface area contributed by atoms with Crippen molar-refractivity contribution >= 4 is 11.4 Å². The summed E-state index contributed by atoms with van der Waals surface area (Å²) in [4.78, 5) is 10.3. The molecule has 0 unspecified atom stereocenters. The van der Waals surface area contributed by atoms with Gasteiger partial charge in [-0.3, -0.25) is 10.1 Å². The number of nitro benzene ring substituents is 1. The summed E-state index contributed by atoms with van der Waals surface area (Å²) in [5.41, 5.74) is 7.05. The van der Waals surface area contributed by atoms with Gasteiger partial charge in [0.2, 0.25) is 0 Å². The maximum Gasteiger partial charge on any atom is 0.275 e. The second kappa shape index (κ2) is 5.61. The first kappa shape index (κ1) is 13.9. The summed E-state index contributed by atoms with van der Waals surface area (Å²) < 4.78 is 5.60. The van der Waals surface area contributed by atoms with Gasteiger partial charge in [-0.05, 0) is 23.6 Å². The molecule has 0 aliphatic carbocycles. The minimum absolute atomic E-state index is 0.0844. The van der Waals surface area contributed by atoms with Gasteiger partial charge in [0.05, 0.1) is 11.0 Å². The normalized spacial score (nSPS) is 10.6. The fraction of sp³-hybridized carbons (Fsp3) is 0.200. The molecule has 0 aromatic heterocycles. The zero-order valence-electron chi connectivity index (χ0n) is 11.4. The summed E-state index contributed by atoms with van der Waals surface area (Å²) in [6.45, 7) is 4.22. The predicted molar refractivity (Wildman–Crippen MR) is 78.1 cm³/mol. The number of hydrogen-bond donors (Lipinski definition) is 1. The Bertz CT molecular complexity index is 622. The summed E-state index contributed by atoms with van der Waals surface area (Å²) in [5, 5.41) is 10.8. The molecule has 0 saturated carbocycles. The minimum atomic E-state index is -0.495. The van der Waals surface area contributed by atoms with E-state index in [9.17, 15) is 10.1 Å². The molecule has 0 bridgehead atoms. The molecule has 5 heteroatoms. The molecule has 2 aromatic carbocycles. The van der Waals surface area contributed by atoms with E-state index < -0.39 is 4.92 Å². The number of non-ortho nitro benzene ring substituents is 1. The quantitative estimate of drug-likeness (QED) is 0.516. The van der Waals surface area contributed by atoms with Crippen LogP contribution in [0, 0.1) is 10.1 Å². The number of hydrogen-bond acceptors (Lipinski definition) is 4. The number of benzene rings is 2. The molecule has 0 heterocycles. The molecule has 0 spiro atoms. The third-order valence-electron chi connectivity index (χ3n) is 2.91. The second-order valence-electron chi connectivity index (χ2n) is 4.84. The third-order valence-corrected chi connectivity index (χ3v) is 2.91. The summed E-state index contributed by atoms with van der Waals surface area (Å²) >= 11 is 0. The Morgan fingerprint density at radius 2 is 1.75 bits per heavy atom. The van der Waals surface area contributed by atoms with Crippen molar-refractivity contribution in [2.24, 2.45) is 0 Å². The van der Waals surface area contributed by atoms with Crippen molar-refractivity contribution in [3.05, 3.63) is 58.1 Å². The van der Waals surface area contributed by atoms with E-state index in [1.54, 1.807) is 6.07 Å². The van der Waals surface area contributed by atoms with Gasteiger partial charge < -0.3 is 10.5 Å². The Balaban J connectivity index is 2.23. The van der Waals surface area contributed by atoms with Crippen LogP contribution in [-0.2, 0) is 0 Å². The molecule has 2 N–H and O–H groups in total. The molecule has 0 aliphatic rings. The maximum absolute atomic E-state index is 10.8. The number of rotatable bonds is 4. The van der Waals surface area contributed by atoms with E-state index >= 15 is 0 Å². The van der Waals surface area contributed by atoms with Gasteiger partial charge in [0.25, 0.3) is 5.69 Å². The molecule has 2 rings (SSSR count). The molecule has 0 aliphatic heterocycles. The summed E-state index contributed by atoms with van der Waals surface area (Å²) in [6, 6.07) is 11.8. The zero-order valence-corrected chi connectivity index (χ0v) is 11.4. The number of nitro groups is 1. The van der Waals surface area contributed by atoms with Crippen LogP contribution in [0.3, 0.4) is 0 Å². The summed E-state index contributed by atoms with van der Waals surface area (Å²) in [6.07, 6.45) is 0. The highest BCUT2D eigenvalue weighted by molar-refractivity contribution is 5.54. The molecule has 0 saturated heterocycles. The van der Waals surface area contributed by atoms with Gasteiger partial charge in [-0.25, -0.2) is 0 Å². The average molecular weight is 272 g/mol. The smallest absolute Gasteiger partial charge is 0.275 e. The SMILES string of the molecule is CC(C)c1ccc(Oc2cc(N)cc([N+](=O)[O-])c2)cc1. The maximum atomic E-state index is 10.8. The van der Waals surface area contributed by atoms with Gasteiger partial charge in [-0.15, -0.1) is 0 Å². The van der Waals surface area contributed by atoms with Gasteiger partial charge in [-0.2, -0.15) is 0 Å². The van der Waals surface area contributed by atoms with Gasteiger partial charge in [-0.1, -0.05) is 26.0 Å². The zero-order chi connectivity index (χ0) is 14.7. The van der Waals surface area contributed by atoms with Gasteiger partial charge in [0.15, 0.2) is 0 Å². The van der Waals surface area contributed by atoms with Crippen LogP contribution in [0.4, 0.5) is 11.4 Å². The first-order valence-electron chi connectivity index (χ1n) is 6.28. The number of anilines is 1. The number of nitrogens with zero attached hydrogens (tertiary/aromatic N) is 1. The molecule has 0 radical (unpaired) electrons. The van der Waals surface area contributed by atoms with Crippen molar-refractivity contribution < 1.29 is 9.66 Å². The van der Waals surface area contributed by atoms with Gasteiger partial charge in [0.1, 0.15) is 11.5 Å². The van der Waals surface area contributed by atoms with E-state index in [0.29, 0.717) is 23.1 Å². The third kappa shape index (κ3) is 3.26. The fourth-order valence-electron chi connectivity index (χ4n) is 1.83. The molecule has 104 valence electrons. The van der Waals surface area contributed by atoms with E-state index in [1.165, 1.54) is 17.7 Å². The van der Waals surface area contributed by atoms with Crippen LogP contribution in [0.2, 0.25) is 0 Å². The molecule has 0 atom stereocenters. The number of nitrogens with two attached hydrogens (primary N) is 1. The fourth-order valence-corrected chi connectivity index (χ4v) is 1.83. The summed E-state index contributed by atoms with van der Waals surface area (Å²) in [5.74, 6) is 1.42. The minimum Gasteiger partial charge on any atom is -0.457 e. The highest BCUT2D eigenvalue weighted by Gasteiger charge is 2.10. The van der Waals surface area contributed by atoms with Crippen LogP contribution >= 0.6 is 0 Å². The predicted octanol–water partition coefficient (Wildman–Crippen LogP) is 4.09. The van der Waals surface area contributed by atoms with E-state index in [2.05, 4.69) is 13.8 Å². The second-order valence-corrected chi connectivity index (χ2v) is 4.84. The Morgan fingerprint density at radius 3 is 2.30 bits per heavy atom. The molecule has 5 nitrogen and oxygen atoms in total. The molecule has 0 amide bonds. The lowest BCUT2D eigenvalue weighted by Gasteiger charge is -2.09. The van der Waals surface area contributed by atoms with Crippen LogP contribution in [0.25, 0.3) is 0 Å². The molecular formula is C15H16N2O3. The van der Waals surface area contributed by atoms with Crippen molar-refractivity contribution in [2.45, 2.75) is 19.8 Å². The van der Waals surface area contributed by atoms with Crippen LogP contribution in [-0.4, -0.2) is 4.92 Å². The Labute approximate surface area is 117 Å². The Hall–Kier alpha value is -2.56. The van der Waals surface area contributed by atoms with Crippen LogP contribution < -0.4 is 10.5 Å². The van der Waals surface area contributed by atoms with Gasteiger partial charge in [0, 0.05) is 17.8 Å². The first-order chi connectivity index (χ1) is 9.45. The lowest BCUT2D eigenvalue weighted by Crippen LogP contribution is -1.94. The van der Waals surface area contributed by atoms with Crippen LogP contribution in [0.5, 0.6) is 11.5 Å². The van der Waals surface area contributed by atoms with Crippen molar-refractivity contribution in [1.29, 1.82) is 0 Å². The van der Waals surface area contributed by atoms with Crippen molar-refractivity contribution in [1.82, 2.24) is 0 Å². The summed E-state index contributed by atoms with van der Waals surface area (Å²) in [7, 11) is 0. The monoisotopic (exact) mass is 272 g/mol.